The fourth-order valence-corrected chi connectivity index (χ4v) is 6.53. The molecular formula is C32H63NO5S. The van der Waals surface area contributed by atoms with Gasteiger partial charge in [0.25, 0.3) is 0 Å². The van der Waals surface area contributed by atoms with Gasteiger partial charge in [-0.15, -0.1) is 0 Å². The van der Waals surface area contributed by atoms with E-state index in [1.807, 2.05) is 13.8 Å². The molecule has 1 heterocycles. The summed E-state index contributed by atoms with van der Waals surface area (Å²) in [6.45, 7) is 7.22. The highest BCUT2D eigenvalue weighted by Gasteiger charge is 2.36. The van der Waals surface area contributed by atoms with Gasteiger partial charge in [0.15, 0.2) is 6.10 Å². The van der Waals surface area contributed by atoms with Crippen molar-refractivity contribution in [2.45, 2.75) is 173 Å². The predicted molar refractivity (Wildman–Crippen MR) is 167 cm³/mol. The fraction of sp³-hybridized carbons (Fsp3) is 0.938. The number of hydrogen-bond donors (Lipinski definition) is 3. The lowest BCUT2D eigenvalue weighted by molar-refractivity contribution is -0.161. The van der Waals surface area contributed by atoms with Gasteiger partial charge in [-0.3, -0.25) is 9.69 Å². The van der Waals surface area contributed by atoms with Gasteiger partial charge in [-0.25, -0.2) is 4.79 Å². The Balaban J connectivity index is 0.000000751. The molecule has 1 aliphatic heterocycles. The van der Waals surface area contributed by atoms with Crippen LogP contribution in [0.5, 0.6) is 0 Å². The largest absolute Gasteiger partial charge is 0.480 e. The van der Waals surface area contributed by atoms with Crippen molar-refractivity contribution in [1.82, 2.24) is 4.90 Å². The van der Waals surface area contributed by atoms with Crippen LogP contribution in [0.1, 0.15) is 156 Å². The SMILES string of the molecule is CCCCCCCCCCCCCCC1CCCCCS1.CCCCN(CCCC)C(C(=O)O)C(O)C(=O)O. The highest BCUT2D eigenvalue weighted by molar-refractivity contribution is 7.99. The van der Waals surface area contributed by atoms with E-state index in [0.717, 1.165) is 30.9 Å². The van der Waals surface area contributed by atoms with Crippen molar-refractivity contribution in [2.75, 3.05) is 18.8 Å². The van der Waals surface area contributed by atoms with Gasteiger partial charge in [-0.2, -0.15) is 11.8 Å². The standard InChI is InChI=1S/C20H40S.C12H23NO5/c1-2-3-4-5-6-7-8-9-10-11-12-14-17-20-18-15-13-16-19-21-20;1-3-5-7-13(8-6-4-2)9(11(15)16)10(14)12(17)18/h20H,2-19H2,1H3;9-10,14H,3-8H2,1-2H3,(H,15,16)(H,17,18). The monoisotopic (exact) mass is 573 g/mol. The number of aliphatic carboxylic acids is 2. The zero-order chi connectivity index (χ0) is 29.1. The average Bonchev–Trinajstić information content (AvgIpc) is 3.19. The molecule has 3 unspecified atom stereocenters. The van der Waals surface area contributed by atoms with Gasteiger partial charge in [-0.05, 0) is 50.9 Å². The molecule has 0 spiro atoms. The molecule has 7 heteroatoms. The summed E-state index contributed by atoms with van der Waals surface area (Å²) in [5.74, 6) is -1.36. The van der Waals surface area contributed by atoms with Crippen LogP contribution in [0.4, 0.5) is 0 Å². The molecule has 0 bridgehead atoms. The van der Waals surface area contributed by atoms with Crippen LogP contribution in [-0.2, 0) is 9.59 Å². The minimum absolute atomic E-state index is 0.484. The predicted octanol–water partition coefficient (Wildman–Crippen LogP) is 8.54. The Morgan fingerprint density at radius 3 is 1.64 bits per heavy atom. The van der Waals surface area contributed by atoms with Crippen molar-refractivity contribution in [3.05, 3.63) is 0 Å². The normalized spacial score (nSPS) is 17.2. The zero-order valence-corrected chi connectivity index (χ0v) is 26.5. The number of thioether (sulfide) groups is 1. The highest BCUT2D eigenvalue weighted by Crippen LogP contribution is 2.28. The molecule has 0 aliphatic carbocycles. The van der Waals surface area contributed by atoms with Crippen molar-refractivity contribution >= 4 is 23.7 Å². The van der Waals surface area contributed by atoms with Crippen LogP contribution in [0.3, 0.4) is 0 Å². The number of aliphatic hydroxyl groups excluding tert-OH is 1. The van der Waals surface area contributed by atoms with Gasteiger partial charge in [-0.1, -0.05) is 124 Å². The molecule has 0 amide bonds. The van der Waals surface area contributed by atoms with Crippen LogP contribution < -0.4 is 0 Å². The lowest BCUT2D eigenvalue weighted by atomic mass is 10.0. The van der Waals surface area contributed by atoms with Gasteiger partial charge in [0.1, 0.15) is 6.04 Å². The van der Waals surface area contributed by atoms with Gasteiger partial charge in [0, 0.05) is 5.25 Å². The van der Waals surface area contributed by atoms with Crippen molar-refractivity contribution < 1.29 is 24.9 Å². The maximum Gasteiger partial charge on any atom is 0.334 e. The molecule has 0 radical (unpaired) electrons. The van der Waals surface area contributed by atoms with Gasteiger partial charge in [0.05, 0.1) is 0 Å². The Morgan fingerprint density at radius 2 is 1.18 bits per heavy atom. The summed E-state index contributed by atoms with van der Waals surface area (Å²) < 4.78 is 0. The molecule has 1 aliphatic rings. The summed E-state index contributed by atoms with van der Waals surface area (Å²) in [6.07, 6.45) is 26.6. The Bertz CT molecular complexity index is 561. The van der Waals surface area contributed by atoms with Crippen LogP contribution in [0.25, 0.3) is 0 Å². The third-order valence-electron chi connectivity index (χ3n) is 7.70. The van der Waals surface area contributed by atoms with Gasteiger partial charge >= 0.3 is 11.9 Å². The van der Waals surface area contributed by atoms with Crippen LogP contribution >= 0.6 is 11.8 Å². The molecule has 0 saturated carbocycles. The number of carboxylic acid groups (broad SMARTS) is 2. The zero-order valence-electron chi connectivity index (χ0n) is 25.7. The van der Waals surface area contributed by atoms with E-state index in [1.165, 1.54) is 115 Å². The first-order valence-corrected chi connectivity index (χ1v) is 17.4. The van der Waals surface area contributed by atoms with E-state index in [-0.39, 0.29) is 0 Å². The molecule has 0 aromatic carbocycles. The molecule has 3 N–H and O–H groups in total. The van der Waals surface area contributed by atoms with Crippen molar-refractivity contribution in [2.24, 2.45) is 0 Å². The van der Waals surface area contributed by atoms with Crippen LogP contribution in [0.15, 0.2) is 0 Å². The average molecular weight is 574 g/mol. The number of rotatable bonds is 23. The van der Waals surface area contributed by atoms with Crippen molar-refractivity contribution in [3.63, 3.8) is 0 Å². The molecular weight excluding hydrogens is 510 g/mol. The van der Waals surface area contributed by atoms with Crippen molar-refractivity contribution in [1.29, 1.82) is 0 Å². The van der Waals surface area contributed by atoms with E-state index in [2.05, 4.69) is 18.7 Å². The summed E-state index contributed by atoms with van der Waals surface area (Å²) >= 11 is 2.27. The van der Waals surface area contributed by atoms with Gasteiger partial charge < -0.3 is 15.3 Å². The second-order valence-electron chi connectivity index (χ2n) is 11.3. The first kappa shape index (κ1) is 38.2. The second kappa shape index (κ2) is 27.4. The summed E-state index contributed by atoms with van der Waals surface area (Å²) in [4.78, 5) is 23.5. The quantitative estimate of drug-likeness (QED) is 0.105. The Labute approximate surface area is 245 Å². The number of unbranched alkanes of at least 4 members (excludes halogenated alkanes) is 13. The molecule has 0 aromatic rings. The maximum atomic E-state index is 11.1. The van der Waals surface area contributed by atoms with E-state index >= 15 is 0 Å². The summed E-state index contributed by atoms with van der Waals surface area (Å²) in [5.41, 5.74) is 0. The van der Waals surface area contributed by atoms with Crippen LogP contribution in [0, 0.1) is 0 Å². The number of carbonyl (C=O) groups is 2. The van der Waals surface area contributed by atoms with E-state index in [9.17, 15) is 14.7 Å². The molecule has 39 heavy (non-hydrogen) atoms. The maximum absolute atomic E-state index is 11.1. The summed E-state index contributed by atoms with van der Waals surface area (Å²) in [7, 11) is 0. The topological polar surface area (TPSA) is 98.1 Å². The lowest BCUT2D eigenvalue weighted by Crippen LogP contribution is -2.52. The Kier molecular flexibility index (Phi) is 26.8. The first-order chi connectivity index (χ1) is 18.9. The molecule has 0 aromatic heterocycles. The van der Waals surface area contributed by atoms with E-state index < -0.39 is 24.1 Å². The lowest BCUT2D eigenvalue weighted by Gasteiger charge is -2.30. The summed E-state index contributed by atoms with van der Waals surface area (Å²) in [5, 5.41) is 28.4. The second-order valence-corrected chi connectivity index (χ2v) is 12.7. The van der Waals surface area contributed by atoms with E-state index in [1.54, 1.807) is 4.90 Å². The smallest absolute Gasteiger partial charge is 0.334 e. The van der Waals surface area contributed by atoms with Crippen molar-refractivity contribution in [3.8, 4) is 0 Å². The Morgan fingerprint density at radius 1 is 0.692 bits per heavy atom. The number of carboxylic acids is 2. The third-order valence-corrected chi connectivity index (χ3v) is 9.17. The molecule has 1 rings (SSSR count). The molecule has 6 nitrogen and oxygen atoms in total. The minimum atomic E-state index is -1.89. The molecule has 232 valence electrons. The molecule has 1 fully saturated rings. The van der Waals surface area contributed by atoms with E-state index in [4.69, 9.17) is 10.2 Å². The molecule has 3 atom stereocenters. The Hall–Kier alpha value is -0.790. The fourth-order valence-electron chi connectivity index (χ4n) is 5.16. The van der Waals surface area contributed by atoms with E-state index in [0.29, 0.717) is 13.1 Å². The first-order valence-electron chi connectivity index (χ1n) is 16.4. The highest BCUT2D eigenvalue weighted by atomic mass is 32.2. The minimum Gasteiger partial charge on any atom is -0.480 e. The third kappa shape index (κ3) is 21.6. The number of nitrogens with zero attached hydrogens (tertiary/aromatic N) is 1. The summed E-state index contributed by atoms with van der Waals surface area (Å²) in [6, 6.07) is -1.37. The number of aliphatic hydroxyl groups is 1. The van der Waals surface area contributed by atoms with Crippen LogP contribution in [-0.4, -0.2) is 68.4 Å². The van der Waals surface area contributed by atoms with Crippen LogP contribution in [0.2, 0.25) is 0 Å². The van der Waals surface area contributed by atoms with Gasteiger partial charge in [0.2, 0.25) is 0 Å². The number of hydrogen-bond acceptors (Lipinski definition) is 5. The molecule has 1 saturated heterocycles.